The van der Waals surface area contributed by atoms with Gasteiger partial charge in [-0.2, -0.15) is 0 Å². The summed E-state index contributed by atoms with van der Waals surface area (Å²) in [5, 5.41) is 3.06. The Kier molecular flexibility index (Phi) is 8.83. The van der Waals surface area contributed by atoms with Gasteiger partial charge >= 0.3 is 0 Å². The summed E-state index contributed by atoms with van der Waals surface area (Å²) in [5.41, 5.74) is 3.24. The van der Waals surface area contributed by atoms with Gasteiger partial charge in [0.1, 0.15) is 6.04 Å². The number of hydrogen-bond donors (Lipinski definition) is 1. The number of amides is 4. The van der Waals surface area contributed by atoms with E-state index in [0.717, 1.165) is 16.7 Å². The van der Waals surface area contributed by atoms with Crippen LogP contribution in [0, 0.1) is 6.92 Å². The number of fused-ring (bicyclic) bond motifs is 1. The van der Waals surface area contributed by atoms with Crippen molar-refractivity contribution in [3.05, 3.63) is 107 Å². The van der Waals surface area contributed by atoms with Crippen LogP contribution >= 0.6 is 0 Å². The fraction of sp³-hybridized carbons (Fsp3) is 0.333. The summed E-state index contributed by atoms with van der Waals surface area (Å²) in [6.07, 6.45) is 0.750. The monoisotopic (exact) mass is 539 g/mol. The van der Waals surface area contributed by atoms with Gasteiger partial charge in [-0.1, -0.05) is 72.3 Å². The number of carbonyl (C=O) groups excluding carboxylic acids is 4. The highest BCUT2D eigenvalue weighted by Crippen LogP contribution is 2.23. The molecule has 7 nitrogen and oxygen atoms in total. The topological polar surface area (TPSA) is 86.8 Å². The lowest BCUT2D eigenvalue weighted by molar-refractivity contribution is -0.142. The Hall–Kier alpha value is -4.26. The normalized spacial score (nSPS) is 13.7. The number of benzene rings is 3. The van der Waals surface area contributed by atoms with Crippen LogP contribution in [-0.4, -0.2) is 51.6 Å². The van der Waals surface area contributed by atoms with E-state index in [0.29, 0.717) is 24.0 Å². The van der Waals surface area contributed by atoms with E-state index in [4.69, 9.17) is 0 Å². The summed E-state index contributed by atoms with van der Waals surface area (Å²) in [4.78, 5) is 55.9. The number of carbonyl (C=O) groups is 4. The maximum absolute atomic E-state index is 13.8. The molecule has 1 aliphatic rings. The lowest BCUT2D eigenvalue weighted by Gasteiger charge is -2.34. The zero-order valence-corrected chi connectivity index (χ0v) is 23.6. The fourth-order valence-corrected chi connectivity index (χ4v) is 4.99. The maximum Gasteiger partial charge on any atom is 0.261 e. The van der Waals surface area contributed by atoms with Crippen molar-refractivity contribution < 1.29 is 19.2 Å². The summed E-state index contributed by atoms with van der Waals surface area (Å²) in [6.45, 7) is 8.14. The van der Waals surface area contributed by atoms with E-state index in [9.17, 15) is 19.2 Å². The highest BCUT2D eigenvalue weighted by molar-refractivity contribution is 6.21. The van der Waals surface area contributed by atoms with Gasteiger partial charge in [0.15, 0.2) is 0 Å². The van der Waals surface area contributed by atoms with Crippen LogP contribution < -0.4 is 5.32 Å². The Morgan fingerprint density at radius 3 is 2.05 bits per heavy atom. The first-order chi connectivity index (χ1) is 19.0. The van der Waals surface area contributed by atoms with E-state index < -0.39 is 11.6 Å². The summed E-state index contributed by atoms with van der Waals surface area (Å²) in [5.74, 6) is -1.10. The van der Waals surface area contributed by atoms with Crippen molar-refractivity contribution >= 4 is 23.6 Å². The minimum Gasteiger partial charge on any atom is -0.350 e. The van der Waals surface area contributed by atoms with Crippen LogP contribution in [0.3, 0.4) is 0 Å². The lowest BCUT2D eigenvalue weighted by Crippen LogP contribution is -2.54. The lowest BCUT2D eigenvalue weighted by atomic mass is 10.00. The van der Waals surface area contributed by atoms with Crippen LogP contribution in [0.25, 0.3) is 0 Å². The highest BCUT2D eigenvalue weighted by Gasteiger charge is 2.36. The molecule has 7 heteroatoms. The van der Waals surface area contributed by atoms with Crippen molar-refractivity contribution in [3.63, 3.8) is 0 Å². The minimum absolute atomic E-state index is 0.0906. The van der Waals surface area contributed by atoms with Gasteiger partial charge in [-0.15, -0.1) is 0 Å². The van der Waals surface area contributed by atoms with Gasteiger partial charge in [-0.3, -0.25) is 24.1 Å². The molecule has 4 amide bonds. The fourth-order valence-electron chi connectivity index (χ4n) is 4.99. The Morgan fingerprint density at radius 1 is 0.850 bits per heavy atom. The van der Waals surface area contributed by atoms with Gasteiger partial charge in [0.2, 0.25) is 11.8 Å². The summed E-state index contributed by atoms with van der Waals surface area (Å²) in [7, 11) is 0. The third-order valence-electron chi connectivity index (χ3n) is 6.86. The van der Waals surface area contributed by atoms with Crippen molar-refractivity contribution in [3.8, 4) is 0 Å². The maximum atomic E-state index is 13.8. The molecule has 0 saturated carbocycles. The van der Waals surface area contributed by atoms with Gasteiger partial charge in [-0.25, -0.2) is 0 Å². The van der Waals surface area contributed by atoms with Crippen LogP contribution in [-0.2, 0) is 22.6 Å². The average Bonchev–Trinajstić information content (AvgIpc) is 3.15. The van der Waals surface area contributed by atoms with Gasteiger partial charge in [0.25, 0.3) is 11.8 Å². The Morgan fingerprint density at radius 2 is 1.45 bits per heavy atom. The van der Waals surface area contributed by atoms with Crippen molar-refractivity contribution in [1.29, 1.82) is 0 Å². The van der Waals surface area contributed by atoms with Crippen molar-refractivity contribution in [2.24, 2.45) is 0 Å². The van der Waals surface area contributed by atoms with E-state index in [1.54, 1.807) is 29.2 Å². The molecule has 3 aromatic rings. The second-order valence-corrected chi connectivity index (χ2v) is 11.4. The number of rotatable bonds is 10. The van der Waals surface area contributed by atoms with Crippen LogP contribution in [0.2, 0.25) is 0 Å². The molecule has 0 radical (unpaired) electrons. The Labute approximate surface area is 236 Å². The molecular formula is C33H37N3O4. The molecule has 0 aliphatic carbocycles. The Balaban J connectivity index is 1.56. The standard InChI is InChI=1S/C33H37N3O4/c1-23-12-10-15-25(20-23)22-36(28(30(38)34-33(2,3)4)21-24-13-6-5-7-14-24)29(37)18-11-19-35-31(39)26-16-8-9-17-27(26)32(35)40/h5-10,12-17,20,28H,11,18-19,21-22H2,1-4H3,(H,34,38). The number of nitrogens with zero attached hydrogens (tertiary/aromatic N) is 2. The van der Waals surface area contributed by atoms with Gasteiger partial charge in [0, 0.05) is 31.5 Å². The minimum atomic E-state index is -0.742. The summed E-state index contributed by atoms with van der Waals surface area (Å²) < 4.78 is 0. The quantitative estimate of drug-likeness (QED) is 0.370. The molecule has 1 atom stereocenters. The molecule has 0 aromatic heterocycles. The molecule has 1 aliphatic heterocycles. The SMILES string of the molecule is Cc1cccc(CN(C(=O)CCCN2C(=O)c3ccccc3C2=O)C(Cc2ccccc2)C(=O)NC(C)(C)C)c1. The molecule has 40 heavy (non-hydrogen) atoms. The third-order valence-corrected chi connectivity index (χ3v) is 6.86. The molecular weight excluding hydrogens is 502 g/mol. The van der Waals surface area contributed by atoms with Gasteiger partial charge < -0.3 is 10.2 Å². The second kappa shape index (κ2) is 12.3. The molecule has 1 unspecified atom stereocenters. The van der Waals surface area contributed by atoms with Crippen molar-refractivity contribution in [2.45, 2.75) is 65.1 Å². The molecule has 4 rings (SSSR count). The van der Waals surface area contributed by atoms with Crippen LogP contribution in [0.15, 0.2) is 78.9 Å². The molecule has 208 valence electrons. The first-order valence-corrected chi connectivity index (χ1v) is 13.7. The van der Waals surface area contributed by atoms with Crippen LogP contribution in [0.5, 0.6) is 0 Å². The van der Waals surface area contributed by atoms with E-state index in [-0.39, 0.29) is 43.1 Å². The van der Waals surface area contributed by atoms with Crippen molar-refractivity contribution in [1.82, 2.24) is 15.1 Å². The van der Waals surface area contributed by atoms with Gasteiger partial charge in [-0.05, 0) is 57.4 Å². The number of nitrogens with one attached hydrogen (secondary N) is 1. The molecule has 1 N–H and O–H groups in total. The predicted octanol–water partition coefficient (Wildman–Crippen LogP) is 4.93. The zero-order valence-electron chi connectivity index (χ0n) is 23.6. The molecule has 1 heterocycles. The number of aryl methyl sites for hydroxylation is 1. The highest BCUT2D eigenvalue weighted by atomic mass is 16.2. The predicted molar refractivity (Wildman–Crippen MR) is 155 cm³/mol. The first kappa shape index (κ1) is 28.7. The number of imide groups is 1. The van der Waals surface area contributed by atoms with E-state index >= 15 is 0 Å². The number of hydrogen-bond acceptors (Lipinski definition) is 4. The van der Waals surface area contributed by atoms with E-state index in [1.165, 1.54) is 4.90 Å². The second-order valence-electron chi connectivity index (χ2n) is 11.4. The smallest absolute Gasteiger partial charge is 0.261 e. The summed E-state index contributed by atoms with van der Waals surface area (Å²) >= 11 is 0. The molecule has 0 fully saturated rings. The van der Waals surface area contributed by atoms with E-state index in [1.807, 2.05) is 82.3 Å². The largest absolute Gasteiger partial charge is 0.350 e. The van der Waals surface area contributed by atoms with E-state index in [2.05, 4.69) is 5.32 Å². The third kappa shape index (κ3) is 7.03. The Bertz CT molecular complexity index is 1360. The first-order valence-electron chi connectivity index (χ1n) is 13.7. The van der Waals surface area contributed by atoms with Crippen molar-refractivity contribution in [2.75, 3.05) is 6.54 Å². The van der Waals surface area contributed by atoms with Gasteiger partial charge in [0.05, 0.1) is 11.1 Å². The summed E-state index contributed by atoms with van der Waals surface area (Å²) in [6, 6.07) is 23.6. The molecule has 0 spiro atoms. The molecule has 0 bridgehead atoms. The van der Waals surface area contributed by atoms with Crippen LogP contribution in [0.1, 0.15) is 71.0 Å². The molecule has 0 saturated heterocycles. The van der Waals surface area contributed by atoms with Crippen LogP contribution in [0.4, 0.5) is 0 Å². The zero-order chi connectivity index (χ0) is 28.9. The molecule has 3 aromatic carbocycles. The average molecular weight is 540 g/mol.